The predicted octanol–water partition coefficient (Wildman–Crippen LogP) is 5.84. The molecule has 2 aromatic heterocycles. The van der Waals surface area contributed by atoms with Crippen molar-refractivity contribution in [2.75, 3.05) is 19.7 Å². The van der Waals surface area contributed by atoms with Gasteiger partial charge in [-0.1, -0.05) is 34.6 Å². The van der Waals surface area contributed by atoms with Crippen molar-refractivity contribution in [3.63, 3.8) is 0 Å². The molecule has 0 aliphatic carbocycles. The van der Waals surface area contributed by atoms with E-state index in [1.807, 2.05) is 47.5 Å². The minimum Gasteiger partial charge on any atom is -0.494 e. The molecule has 2 heterocycles. The number of rotatable bonds is 10. The van der Waals surface area contributed by atoms with Crippen molar-refractivity contribution in [2.24, 2.45) is 0 Å². The van der Waals surface area contributed by atoms with Gasteiger partial charge >= 0.3 is 0 Å². The van der Waals surface area contributed by atoms with Crippen LogP contribution in [0, 0.1) is 0 Å². The molecule has 6 nitrogen and oxygen atoms in total. The highest BCUT2D eigenvalue weighted by Crippen LogP contribution is 2.31. The highest BCUT2D eigenvalue weighted by Gasteiger charge is 2.24. The molecule has 0 unspecified atom stereocenters. The molecule has 0 fully saturated rings. The maximum Gasteiger partial charge on any atom is 0.227 e. The molecule has 0 spiro atoms. The Balaban J connectivity index is 2.20. The Labute approximate surface area is 198 Å². The Bertz CT molecular complexity index is 1080. The number of aromatic nitrogens is 3. The fraction of sp³-hybridized carbons (Fsp3) is 0.519. The molecule has 0 atom stereocenters. The molecule has 0 aliphatic rings. The zero-order valence-electron chi connectivity index (χ0n) is 21.2. The molecule has 1 amide bonds. The van der Waals surface area contributed by atoms with Gasteiger partial charge in [-0.15, -0.1) is 0 Å². The number of amides is 1. The SMILES string of the molecule is CCCOc1ccc(-c2nn3c(C(C)C)cc(C(C)C)nc3c2CC(=O)N(CC)CC)cc1. The summed E-state index contributed by atoms with van der Waals surface area (Å²) in [5.41, 5.74) is 5.58. The van der Waals surface area contributed by atoms with Crippen molar-refractivity contribution >= 4 is 11.6 Å². The summed E-state index contributed by atoms with van der Waals surface area (Å²) in [6.45, 7) is 16.8. The van der Waals surface area contributed by atoms with Gasteiger partial charge in [-0.3, -0.25) is 4.79 Å². The van der Waals surface area contributed by atoms with Gasteiger partial charge in [0.15, 0.2) is 5.65 Å². The van der Waals surface area contributed by atoms with Crippen LogP contribution >= 0.6 is 0 Å². The molecule has 6 heteroatoms. The molecule has 1 aromatic carbocycles. The highest BCUT2D eigenvalue weighted by molar-refractivity contribution is 5.84. The summed E-state index contributed by atoms with van der Waals surface area (Å²) in [6.07, 6.45) is 1.24. The number of benzene rings is 1. The summed E-state index contributed by atoms with van der Waals surface area (Å²) in [5.74, 6) is 1.50. The molecule has 0 N–H and O–H groups in total. The first kappa shape index (κ1) is 24.7. The van der Waals surface area contributed by atoms with Crippen LogP contribution in [0.4, 0.5) is 0 Å². The van der Waals surface area contributed by atoms with Crippen molar-refractivity contribution in [3.8, 4) is 17.0 Å². The molecule has 0 aliphatic heterocycles. The quantitative estimate of drug-likeness (QED) is 0.389. The van der Waals surface area contributed by atoms with Gasteiger partial charge in [0.25, 0.3) is 0 Å². The number of carbonyl (C=O) groups excluding carboxylic acids is 1. The van der Waals surface area contributed by atoms with E-state index in [-0.39, 0.29) is 24.2 Å². The van der Waals surface area contributed by atoms with Gasteiger partial charge in [0, 0.05) is 35.6 Å². The number of ether oxygens (including phenoxy) is 1. The third-order valence-electron chi connectivity index (χ3n) is 5.96. The topological polar surface area (TPSA) is 59.7 Å². The van der Waals surface area contributed by atoms with Gasteiger partial charge in [0.1, 0.15) is 5.75 Å². The largest absolute Gasteiger partial charge is 0.494 e. The summed E-state index contributed by atoms with van der Waals surface area (Å²) in [5, 5.41) is 5.00. The smallest absolute Gasteiger partial charge is 0.227 e. The highest BCUT2D eigenvalue weighted by atomic mass is 16.5. The molecule has 0 radical (unpaired) electrons. The first-order valence-corrected chi connectivity index (χ1v) is 12.2. The number of fused-ring (bicyclic) bond motifs is 1. The van der Waals surface area contributed by atoms with Crippen molar-refractivity contribution in [1.82, 2.24) is 19.5 Å². The van der Waals surface area contributed by atoms with Gasteiger partial charge in [0.2, 0.25) is 5.91 Å². The number of hydrogen-bond acceptors (Lipinski definition) is 4. The molecular weight excluding hydrogens is 412 g/mol. The number of carbonyl (C=O) groups is 1. The average Bonchev–Trinajstić information content (AvgIpc) is 3.16. The molecule has 178 valence electrons. The summed E-state index contributed by atoms with van der Waals surface area (Å²) in [7, 11) is 0. The lowest BCUT2D eigenvalue weighted by molar-refractivity contribution is -0.130. The summed E-state index contributed by atoms with van der Waals surface area (Å²) in [6, 6.07) is 10.1. The lowest BCUT2D eigenvalue weighted by Crippen LogP contribution is -2.31. The van der Waals surface area contributed by atoms with E-state index < -0.39 is 0 Å². The van der Waals surface area contributed by atoms with Crippen LogP contribution < -0.4 is 4.74 Å². The van der Waals surface area contributed by atoms with Crippen LogP contribution in [0.1, 0.15) is 83.7 Å². The van der Waals surface area contributed by atoms with E-state index in [4.69, 9.17) is 14.8 Å². The van der Waals surface area contributed by atoms with Crippen LogP contribution in [0.2, 0.25) is 0 Å². The van der Waals surface area contributed by atoms with Crippen molar-refractivity contribution in [3.05, 3.63) is 47.3 Å². The van der Waals surface area contributed by atoms with E-state index in [0.717, 1.165) is 46.0 Å². The molecule has 33 heavy (non-hydrogen) atoms. The van der Waals surface area contributed by atoms with Crippen LogP contribution in [0.25, 0.3) is 16.9 Å². The predicted molar refractivity (Wildman–Crippen MR) is 134 cm³/mol. The maximum atomic E-state index is 13.2. The van der Waals surface area contributed by atoms with E-state index in [2.05, 4.69) is 40.7 Å². The molecule has 3 rings (SSSR count). The zero-order valence-corrected chi connectivity index (χ0v) is 21.2. The van der Waals surface area contributed by atoms with E-state index in [9.17, 15) is 4.79 Å². The van der Waals surface area contributed by atoms with E-state index >= 15 is 0 Å². The van der Waals surface area contributed by atoms with Gasteiger partial charge in [0.05, 0.1) is 18.7 Å². The van der Waals surface area contributed by atoms with Crippen LogP contribution in [0.5, 0.6) is 5.75 Å². The summed E-state index contributed by atoms with van der Waals surface area (Å²) < 4.78 is 7.70. The maximum absolute atomic E-state index is 13.2. The Morgan fingerprint density at radius 3 is 2.24 bits per heavy atom. The third-order valence-corrected chi connectivity index (χ3v) is 5.96. The second-order valence-electron chi connectivity index (χ2n) is 9.09. The van der Waals surface area contributed by atoms with Crippen LogP contribution in [0.3, 0.4) is 0 Å². The van der Waals surface area contributed by atoms with E-state index in [1.165, 1.54) is 0 Å². The summed E-state index contributed by atoms with van der Waals surface area (Å²) in [4.78, 5) is 20.0. The molecular formula is C27H38N4O2. The minimum absolute atomic E-state index is 0.0990. The average molecular weight is 451 g/mol. The van der Waals surface area contributed by atoms with Gasteiger partial charge in [-0.2, -0.15) is 5.10 Å². The third kappa shape index (κ3) is 5.37. The second-order valence-corrected chi connectivity index (χ2v) is 9.09. The number of hydrogen-bond donors (Lipinski definition) is 0. The Morgan fingerprint density at radius 1 is 1.03 bits per heavy atom. The fourth-order valence-electron chi connectivity index (χ4n) is 3.97. The van der Waals surface area contributed by atoms with Gasteiger partial charge in [-0.05, 0) is 62.4 Å². The second kappa shape index (κ2) is 10.8. The van der Waals surface area contributed by atoms with Crippen LogP contribution in [0.15, 0.2) is 30.3 Å². The molecule has 3 aromatic rings. The fourth-order valence-corrected chi connectivity index (χ4v) is 3.97. The zero-order chi connectivity index (χ0) is 24.1. The van der Waals surface area contributed by atoms with E-state index in [1.54, 1.807) is 0 Å². The monoisotopic (exact) mass is 450 g/mol. The Hall–Kier alpha value is -2.89. The first-order valence-electron chi connectivity index (χ1n) is 12.2. The lowest BCUT2D eigenvalue weighted by atomic mass is 10.0. The minimum atomic E-state index is 0.0990. The van der Waals surface area contributed by atoms with Crippen LogP contribution in [-0.2, 0) is 11.2 Å². The Morgan fingerprint density at radius 2 is 1.70 bits per heavy atom. The normalized spacial score (nSPS) is 11.5. The number of likely N-dealkylation sites (N-methyl/N-ethyl adjacent to an activating group) is 1. The lowest BCUT2D eigenvalue weighted by Gasteiger charge is -2.18. The Kier molecular flexibility index (Phi) is 8.11. The van der Waals surface area contributed by atoms with Crippen molar-refractivity contribution in [2.45, 2.75) is 73.1 Å². The standard InChI is InChI=1S/C27H38N4O2/c1-8-15-33-21-13-11-20(12-14-21)26-22(16-25(32)30(9-2)10-3)27-28-23(18(4)5)17-24(19(6)7)31(27)29-26/h11-14,17-19H,8-10,15-16H2,1-7H3. The summed E-state index contributed by atoms with van der Waals surface area (Å²) >= 11 is 0. The first-order chi connectivity index (χ1) is 15.8. The van der Waals surface area contributed by atoms with Gasteiger partial charge < -0.3 is 9.64 Å². The van der Waals surface area contributed by atoms with E-state index in [0.29, 0.717) is 19.7 Å². The van der Waals surface area contributed by atoms with Gasteiger partial charge in [-0.25, -0.2) is 9.50 Å². The van der Waals surface area contributed by atoms with Crippen molar-refractivity contribution < 1.29 is 9.53 Å². The molecule has 0 bridgehead atoms. The molecule has 0 saturated carbocycles. The number of nitrogens with zero attached hydrogens (tertiary/aromatic N) is 4. The van der Waals surface area contributed by atoms with Crippen LogP contribution in [-0.4, -0.2) is 45.1 Å². The van der Waals surface area contributed by atoms with Crippen molar-refractivity contribution in [1.29, 1.82) is 0 Å². The molecule has 0 saturated heterocycles.